The number of hydrogen-bond donors (Lipinski definition) is 1. The predicted molar refractivity (Wildman–Crippen MR) is 61.0 cm³/mol. The van der Waals surface area contributed by atoms with E-state index in [1.165, 1.54) is 24.5 Å². The van der Waals surface area contributed by atoms with Crippen molar-refractivity contribution in [3.63, 3.8) is 0 Å². The molecule has 2 aromatic rings. The molecule has 0 unspecified atom stereocenters. The zero-order valence-electron chi connectivity index (χ0n) is 8.47. The molecule has 0 aliphatic rings. The lowest BCUT2D eigenvalue weighted by Gasteiger charge is -2.00. The van der Waals surface area contributed by atoms with Crippen LogP contribution in [-0.4, -0.2) is 17.1 Å². The number of fused-ring (bicyclic) bond motifs is 1. The van der Waals surface area contributed by atoms with Crippen LogP contribution in [0, 0.1) is 10.1 Å². The highest BCUT2D eigenvalue weighted by atomic mass is 32.1. The van der Waals surface area contributed by atoms with Crippen LogP contribution in [-0.2, 0) is 6.61 Å². The van der Waals surface area contributed by atoms with Gasteiger partial charge in [-0.25, -0.2) is 0 Å². The molecule has 6 heteroatoms. The average molecular weight is 239 g/mol. The molecule has 1 heterocycles. The summed E-state index contributed by atoms with van der Waals surface area (Å²) in [6, 6.07) is 4.83. The van der Waals surface area contributed by atoms with Gasteiger partial charge in [0.2, 0.25) is 0 Å². The van der Waals surface area contributed by atoms with E-state index in [-0.39, 0.29) is 18.0 Å². The van der Waals surface area contributed by atoms with Crippen molar-refractivity contribution in [1.82, 2.24) is 0 Å². The quantitative estimate of drug-likeness (QED) is 0.659. The van der Waals surface area contributed by atoms with Gasteiger partial charge in [-0.3, -0.25) is 10.1 Å². The molecule has 0 fully saturated rings. The zero-order valence-corrected chi connectivity index (χ0v) is 9.28. The van der Waals surface area contributed by atoms with Crippen LogP contribution in [0.25, 0.3) is 10.1 Å². The zero-order chi connectivity index (χ0) is 11.7. The number of nitrogens with zero attached hydrogens (tertiary/aromatic N) is 1. The first-order valence-corrected chi connectivity index (χ1v) is 5.33. The summed E-state index contributed by atoms with van der Waals surface area (Å²) in [6.07, 6.45) is 0. The van der Waals surface area contributed by atoms with Crippen molar-refractivity contribution in [2.24, 2.45) is 0 Å². The van der Waals surface area contributed by atoms with Gasteiger partial charge in [-0.15, -0.1) is 11.3 Å². The average Bonchev–Trinajstić information content (AvgIpc) is 2.68. The van der Waals surface area contributed by atoms with Crippen LogP contribution in [0.1, 0.15) is 4.88 Å². The second-order valence-electron chi connectivity index (χ2n) is 3.19. The standard InChI is InChI=1S/C10H9NO4S/c1-15-9-4-10-6(2-7(5-12)16-10)3-8(9)11(13)14/h2-4,12H,5H2,1H3. The minimum Gasteiger partial charge on any atom is -0.490 e. The fourth-order valence-electron chi connectivity index (χ4n) is 1.50. The molecule has 1 aromatic carbocycles. The number of methoxy groups -OCH3 is 1. The Labute approximate surface area is 95.0 Å². The van der Waals surface area contributed by atoms with E-state index in [0.717, 1.165) is 15.0 Å². The number of benzene rings is 1. The Morgan fingerprint density at radius 2 is 2.25 bits per heavy atom. The molecule has 0 radical (unpaired) electrons. The molecule has 0 saturated carbocycles. The SMILES string of the molecule is COc1cc2sc(CO)cc2cc1[N+](=O)[O-]. The van der Waals surface area contributed by atoms with Crippen LogP contribution in [0.2, 0.25) is 0 Å². The maximum Gasteiger partial charge on any atom is 0.311 e. The maximum atomic E-state index is 10.8. The maximum absolute atomic E-state index is 10.8. The van der Waals surface area contributed by atoms with Crippen molar-refractivity contribution in [3.8, 4) is 5.75 Å². The summed E-state index contributed by atoms with van der Waals surface area (Å²) in [5, 5.41) is 20.5. The summed E-state index contributed by atoms with van der Waals surface area (Å²) in [6.45, 7) is -0.0601. The molecule has 0 aliphatic heterocycles. The molecule has 16 heavy (non-hydrogen) atoms. The third-order valence-electron chi connectivity index (χ3n) is 2.22. The van der Waals surface area contributed by atoms with Gasteiger partial charge in [-0.1, -0.05) is 0 Å². The highest BCUT2D eigenvalue weighted by Crippen LogP contribution is 2.36. The topological polar surface area (TPSA) is 72.6 Å². The molecule has 2 rings (SSSR count). The third-order valence-corrected chi connectivity index (χ3v) is 3.30. The molecule has 0 bridgehead atoms. The fourth-order valence-corrected chi connectivity index (χ4v) is 2.43. The summed E-state index contributed by atoms with van der Waals surface area (Å²) in [7, 11) is 1.40. The Morgan fingerprint density at radius 3 is 2.81 bits per heavy atom. The summed E-state index contributed by atoms with van der Waals surface area (Å²) in [5.74, 6) is 0.240. The first-order valence-electron chi connectivity index (χ1n) is 4.51. The van der Waals surface area contributed by atoms with Crippen LogP contribution in [0.4, 0.5) is 5.69 Å². The minimum absolute atomic E-state index is 0.0581. The molecule has 84 valence electrons. The summed E-state index contributed by atoms with van der Waals surface area (Å²) in [5.41, 5.74) is -0.0581. The van der Waals surface area contributed by atoms with Crippen LogP contribution in [0.3, 0.4) is 0 Å². The van der Waals surface area contributed by atoms with Gasteiger partial charge in [0, 0.05) is 21.7 Å². The monoisotopic (exact) mass is 239 g/mol. The molecule has 0 saturated heterocycles. The Hall–Kier alpha value is -1.66. The van der Waals surface area contributed by atoms with E-state index in [1.54, 1.807) is 12.1 Å². The first kappa shape index (κ1) is 10.8. The van der Waals surface area contributed by atoms with Crippen molar-refractivity contribution in [1.29, 1.82) is 0 Å². The number of nitro groups is 1. The number of hydrogen-bond acceptors (Lipinski definition) is 5. The Kier molecular flexibility index (Phi) is 2.76. The van der Waals surface area contributed by atoms with Gasteiger partial charge in [0.15, 0.2) is 5.75 Å². The van der Waals surface area contributed by atoms with E-state index >= 15 is 0 Å². The van der Waals surface area contributed by atoms with Crippen LogP contribution < -0.4 is 4.74 Å². The van der Waals surface area contributed by atoms with Gasteiger partial charge in [0.25, 0.3) is 0 Å². The van der Waals surface area contributed by atoms with E-state index in [0.29, 0.717) is 0 Å². The Balaban J connectivity index is 2.67. The van der Waals surface area contributed by atoms with Gasteiger partial charge >= 0.3 is 5.69 Å². The van der Waals surface area contributed by atoms with E-state index < -0.39 is 4.92 Å². The third kappa shape index (κ3) is 1.72. The fraction of sp³-hybridized carbons (Fsp3) is 0.200. The Morgan fingerprint density at radius 1 is 1.50 bits per heavy atom. The van der Waals surface area contributed by atoms with Gasteiger partial charge in [-0.05, 0) is 11.5 Å². The van der Waals surface area contributed by atoms with E-state index in [1.807, 2.05) is 0 Å². The van der Waals surface area contributed by atoms with E-state index in [9.17, 15) is 10.1 Å². The lowest BCUT2D eigenvalue weighted by molar-refractivity contribution is -0.385. The summed E-state index contributed by atoms with van der Waals surface area (Å²) < 4.78 is 5.83. The number of rotatable bonds is 3. The highest BCUT2D eigenvalue weighted by molar-refractivity contribution is 7.19. The molecule has 0 spiro atoms. The van der Waals surface area contributed by atoms with E-state index in [2.05, 4.69) is 0 Å². The molecule has 1 N–H and O–H groups in total. The molecule has 5 nitrogen and oxygen atoms in total. The summed E-state index contributed by atoms with van der Waals surface area (Å²) >= 11 is 1.39. The van der Waals surface area contributed by atoms with Crippen molar-refractivity contribution >= 4 is 27.1 Å². The van der Waals surface area contributed by atoms with Crippen molar-refractivity contribution in [3.05, 3.63) is 33.2 Å². The highest BCUT2D eigenvalue weighted by Gasteiger charge is 2.16. The second kappa shape index (κ2) is 4.07. The Bertz CT molecular complexity index is 549. The largest absolute Gasteiger partial charge is 0.490 e. The van der Waals surface area contributed by atoms with Crippen LogP contribution in [0.15, 0.2) is 18.2 Å². The number of aliphatic hydroxyl groups excluding tert-OH is 1. The van der Waals surface area contributed by atoms with Crippen LogP contribution in [0.5, 0.6) is 5.75 Å². The minimum atomic E-state index is -0.478. The van der Waals surface area contributed by atoms with Gasteiger partial charge in [0.1, 0.15) is 0 Å². The molecule has 0 amide bonds. The van der Waals surface area contributed by atoms with E-state index in [4.69, 9.17) is 9.84 Å². The van der Waals surface area contributed by atoms with Crippen LogP contribution >= 0.6 is 11.3 Å². The molecular weight excluding hydrogens is 230 g/mol. The molecule has 0 atom stereocenters. The van der Waals surface area contributed by atoms with Gasteiger partial charge in [0.05, 0.1) is 18.6 Å². The normalized spacial score (nSPS) is 10.6. The number of ether oxygens (including phenoxy) is 1. The lowest BCUT2D eigenvalue weighted by atomic mass is 10.2. The summed E-state index contributed by atoms with van der Waals surface area (Å²) in [4.78, 5) is 11.1. The second-order valence-corrected chi connectivity index (χ2v) is 4.36. The number of aliphatic hydroxyl groups is 1. The first-order chi connectivity index (χ1) is 7.65. The number of nitro benzene ring substituents is 1. The van der Waals surface area contributed by atoms with Gasteiger partial charge in [-0.2, -0.15) is 0 Å². The predicted octanol–water partition coefficient (Wildman–Crippen LogP) is 2.31. The number of thiophene rings is 1. The van der Waals surface area contributed by atoms with Crippen molar-refractivity contribution < 1.29 is 14.8 Å². The van der Waals surface area contributed by atoms with Crippen molar-refractivity contribution in [2.45, 2.75) is 6.61 Å². The lowest BCUT2D eigenvalue weighted by Crippen LogP contribution is -1.92. The van der Waals surface area contributed by atoms with Crippen molar-refractivity contribution in [2.75, 3.05) is 7.11 Å². The molecule has 0 aliphatic carbocycles. The van der Waals surface area contributed by atoms with Gasteiger partial charge < -0.3 is 9.84 Å². The smallest absolute Gasteiger partial charge is 0.311 e. The molecule has 1 aromatic heterocycles. The molecular formula is C10H9NO4S.